The molecule has 0 aromatic heterocycles. The third-order valence-electron chi connectivity index (χ3n) is 3.79. The Hall–Kier alpha value is 0.270. The van der Waals surface area contributed by atoms with Gasteiger partial charge >= 0.3 is 0 Å². The SMILES string of the molecule is CSC1(CNCC2CCCCO2)CCC1. The Morgan fingerprint density at radius 2 is 2.20 bits per heavy atom. The Morgan fingerprint density at radius 1 is 1.33 bits per heavy atom. The van der Waals surface area contributed by atoms with E-state index >= 15 is 0 Å². The number of ether oxygens (including phenoxy) is 1. The van der Waals surface area contributed by atoms with E-state index in [0.717, 1.165) is 13.2 Å². The maximum atomic E-state index is 5.71. The van der Waals surface area contributed by atoms with Crippen molar-refractivity contribution in [2.24, 2.45) is 0 Å². The molecule has 1 saturated carbocycles. The zero-order valence-electron chi connectivity index (χ0n) is 9.76. The summed E-state index contributed by atoms with van der Waals surface area (Å²) in [7, 11) is 0. The van der Waals surface area contributed by atoms with E-state index in [9.17, 15) is 0 Å². The van der Waals surface area contributed by atoms with E-state index in [1.165, 1.54) is 45.1 Å². The molecular formula is C12H23NOS. The Kier molecular flexibility index (Phi) is 4.35. The molecule has 0 aromatic rings. The Labute approximate surface area is 97.5 Å². The first-order chi connectivity index (χ1) is 7.35. The van der Waals surface area contributed by atoms with Gasteiger partial charge in [-0.25, -0.2) is 0 Å². The minimum atomic E-state index is 0.484. The van der Waals surface area contributed by atoms with E-state index in [1.54, 1.807) is 0 Å². The van der Waals surface area contributed by atoms with Crippen LogP contribution in [-0.2, 0) is 4.74 Å². The number of rotatable bonds is 5. The minimum absolute atomic E-state index is 0.484. The molecule has 0 aromatic carbocycles. The maximum absolute atomic E-state index is 5.71. The fourth-order valence-corrected chi connectivity index (χ4v) is 3.40. The van der Waals surface area contributed by atoms with Gasteiger partial charge in [0.05, 0.1) is 6.10 Å². The topological polar surface area (TPSA) is 21.3 Å². The summed E-state index contributed by atoms with van der Waals surface area (Å²) in [6, 6.07) is 0. The molecule has 0 spiro atoms. The number of hydrogen-bond acceptors (Lipinski definition) is 3. The lowest BCUT2D eigenvalue weighted by Crippen LogP contribution is -2.45. The molecule has 2 aliphatic rings. The standard InChI is InChI=1S/C12H23NOS/c1-15-12(6-4-7-12)10-13-9-11-5-2-3-8-14-11/h11,13H,2-10H2,1H3. The van der Waals surface area contributed by atoms with Gasteiger partial charge in [0.1, 0.15) is 0 Å². The van der Waals surface area contributed by atoms with Crippen molar-refractivity contribution in [2.75, 3.05) is 26.0 Å². The van der Waals surface area contributed by atoms with Crippen LogP contribution < -0.4 is 5.32 Å². The molecule has 1 unspecified atom stereocenters. The first kappa shape index (κ1) is 11.7. The monoisotopic (exact) mass is 229 g/mol. The number of hydrogen-bond donors (Lipinski definition) is 1. The van der Waals surface area contributed by atoms with Crippen molar-refractivity contribution in [1.82, 2.24) is 5.32 Å². The molecular weight excluding hydrogens is 206 g/mol. The van der Waals surface area contributed by atoms with Crippen LogP contribution >= 0.6 is 11.8 Å². The molecule has 2 rings (SSSR count). The number of nitrogens with one attached hydrogen (secondary N) is 1. The van der Waals surface area contributed by atoms with Gasteiger partial charge in [-0.15, -0.1) is 0 Å². The van der Waals surface area contributed by atoms with Crippen molar-refractivity contribution in [3.8, 4) is 0 Å². The summed E-state index contributed by atoms with van der Waals surface area (Å²) in [5.41, 5.74) is 0. The molecule has 1 saturated heterocycles. The summed E-state index contributed by atoms with van der Waals surface area (Å²) in [5.74, 6) is 0. The molecule has 1 atom stereocenters. The van der Waals surface area contributed by atoms with Crippen LogP contribution in [0.15, 0.2) is 0 Å². The third-order valence-corrected chi connectivity index (χ3v) is 5.21. The lowest BCUT2D eigenvalue weighted by molar-refractivity contribution is 0.0164. The second-order valence-corrected chi connectivity index (χ2v) is 6.13. The highest BCUT2D eigenvalue weighted by molar-refractivity contribution is 8.00. The fourth-order valence-electron chi connectivity index (χ4n) is 2.45. The van der Waals surface area contributed by atoms with Crippen LogP contribution in [0.1, 0.15) is 38.5 Å². The van der Waals surface area contributed by atoms with Gasteiger partial charge < -0.3 is 10.1 Å². The van der Waals surface area contributed by atoms with Crippen molar-refractivity contribution in [3.63, 3.8) is 0 Å². The predicted molar refractivity (Wildman–Crippen MR) is 66.6 cm³/mol. The van der Waals surface area contributed by atoms with Crippen molar-refractivity contribution in [2.45, 2.75) is 49.4 Å². The van der Waals surface area contributed by atoms with Crippen LogP contribution in [-0.4, -0.2) is 36.8 Å². The summed E-state index contributed by atoms with van der Waals surface area (Å²) in [4.78, 5) is 0. The molecule has 1 aliphatic heterocycles. The van der Waals surface area contributed by atoms with Crippen LogP contribution in [0.4, 0.5) is 0 Å². The van der Waals surface area contributed by atoms with Crippen LogP contribution in [0.25, 0.3) is 0 Å². The van der Waals surface area contributed by atoms with Gasteiger partial charge in [0, 0.05) is 24.4 Å². The highest BCUT2D eigenvalue weighted by atomic mass is 32.2. The van der Waals surface area contributed by atoms with Gasteiger partial charge in [0.25, 0.3) is 0 Å². The van der Waals surface area contributed by atoms with E-state index in [0.29, 0.717) is 10.9 Å². The zero-order chi connectivity index (χ0) is 10.6. The normalized spacial score (nSPS) is 29.8. The molecule has 1 N–H and O–H groups in total. The van der Waals surface area contributed by atoms with E-state index in [1.807, 2.05) is 11.8 Å². The fraction of sp³-hybridized carbons (Fsp3) is 1.00. The molecule has 0 amide bonds. The van der Waals surface area contributed by atoms with Crippen LogP contribution in [0, 0.1) is 0 Å². The van der Waals surface area contributed by atoms with Crippen molar-refractivity contribution < 1.29 is 4.74 Å². The molecule has 88 valence electrons. The summed E-state index contributed by atoms with van der Waals surface area (Å²) < 4.78 is 6.27. The van der Waals surface area contributed by atoms with Crippen LogP contribution in [0.2, 0.25) is 0 Å². The molecule has 1 aliphatic carbocycles. The second kappa shape index (κ2) is 5.55. The lowest BCUT2D eigenvalue weighted by atomic mass is 9.84. The van der Waals surface area contributed by atoms with Crippen molar-refractivity contribution in [3.05, 3.63) is 0 Å². The molecule has 3 heteroatoms. The average Bonchev–Trinajstić information content (AvgIpc) is 2.24. The maximum Gasteiger partial charge on any atom is 0.0699 e. The summed E-state index contributed by atoms with van der Waals surface area (Å²) >= 11 is 2.04. The lowest BCUT2D eigenvalue weighted by Gasteiger charge is -2.41. The van der Waals surface area contributed by atoms with E-state index in [4.69, 9.17) is 4.74 Å². The van der Waals surface area contributed by atoms with E-state index in [-0.39, 0.29) is 0 Å². The summed E-state index contributed by atoms with van der Waals surface area (Å²) in [5, 5.41) is 3.60. The molecule has 2 nitrogen and oxygen atoms in total. The van der Waals surface area contributed by atoms with Gasteiger partial charge in [-0.3, -0.25) is 0 Å². The van der Waals surface area contributed by atoms with E-state index < -0.39 is 0 Å². The summed E-state index contributed by atoms with van der Waals surface area (Å²) in [6.07, 6.45) is 10.8. The zero-order valence-corrected chi connectivity index (χ0v) is 10.6. The molecule has 15 heavy (non-hydrogen) atoms. The van der Waals surface area contributed by atoms with Crippen molar-refractivity contribution in [1.29, 1.82) is 0 Å². The Bertz CT molecular complexity index is 183. The van der Waals surface area contributed by atoms with Gasteiger partial charge in [0.15, 0.2) is 0 Å². The first-order valence-corrected chi connectivity index (χ1v) is 7.45. The second-order valence-electron chi connectivity index (χ2n) is 4.86. The Morgan fingerprint density at radius 3 is 2.73 bits per heavy atom. The molecule has 0 bridgehead atoms. The average molecular weight is 229 g/mol. The van der Waals surface area contributed by atoms with Crippen LogP contribution in [0.5, 0.6) is 0 Å². The largest absolute Gasteiger partial charge is 0.377 e. The van der Waals surface area contributed by atoms with Crippen molar-refractivity contribution >= 4 is 11.8 Å². The molecule has 2 fully saturated rings. The number of thioether (sulfide) groups is 1. The quantitative estimate of drug-likeness (QED) is 0.782. The van der Waals surface area contributed by atoms with Crippen LogP contribution in [0.3, 0.4) is 0 Å². The van der Waals surface area contributed by atoms with E-state index in [2.05, 4.69) is 11.6 Å². The van der Waals surface area contributed by atoms with Gasteiger partial charge in [-0.05, 0) is 38.4 Å². The minimum Gasteiger partial charge on any atom is -0.377 e. The summed E-state index contributed by atoms with van der Waals surface area (Å²) in [6.45, 7) is 3.20. The molecule has 0 radical (unpaired) electrons. The highest BCUT2D eigenvalue weighted by Crippen LogP contribution is 2.42. The first-order valence-electron chi connectivity index (χ1n) is 6.22. The van der Waals surface area contributed by atoms with Gasteiger partial charge in [0.2, 0.25) is 0 Å². The molecule has 1 heterocycles. The third kappa shape index (κ3) is 3.11. The van der Waals surface area contributed by atoms with Gasteiger partial charge in [-0.2, -0.15) is 11.8 Å². The Balaban J connectivity index is 1.61. The predicted octanol–water partition coefficient (Wildman–Crippen LogP) is 2.43. The smallest absolute Gasteiger partial charge is 0.0699 e. The highest BCUT2D eigenvalue weighted by Gasteiger charge is 2.35. The van der Waals surface area contributed by atoms with Gasteiger partial charge in [-0.1, -0.05) is 6.42 Å².